The zero-order valence-electron chi connectivity index (χ0n) is 12.5. The van der Waals surface area contributed by atoms with Crippen LogP contribution < -0.4 is 10.6 Å². The van der Waals surface area contributed by atoms with Crippen LogP contribution in [0.5, 0.6) is 0 Å². The molecule has 2 amide bonds. The summed E-state index contributed by atoms with van der Waals surface area (Å²) in [5.41, 5.74) is 0.853. The standard InChI is InChI=1S/C16H24N2OS/c1-11-6-4-9-15(12(11)2)18-16(19)17-13-7-5-8-14(10-13)20-3/h5,7-8,10-12,15H,4,6,9H2,1-3H3,(H2,17,18,19)/t11-,12-,15-/m1/s1. The van der Waals surface area contributed by atoms with Crippen molar-refractivity contribution in [2.75, 3.05) is 11.6 Å². The monoisotopic (exact) mass is 292 g/mol. The van der Waals surface area contributed by atoms with E-state index in [-0.39, 0.29) is 6.03 Å². The minimum Gasteiger partial charge on any atom is -0.335 e. The summed E-state index contributed by atoms with van der Waals surface area (Å²) >= 11 is 1.67. The van der Waals surface area contributed by atoms with Gasteiger partial charge in [0.05, 0.1) is 0 Å². The first-order valence-electron chi connectivity index (χ1n) is 7.31. The van der Waals surface area contributed by atoms with E-state index in [0.717, 1.165) is 17.0 Å². The van der Waals surface area contributed by atoms with Crippen LogP contribution in [0.2, 0.25) is 0 Å². The van der Waals surface area contributed by atoms with Gasteiger partial charge in [-0.1, -0.05) is 32.8 Å². The fraction of sp³-hybridized carbons (Fsp3) is 0.562. The smallest absolute Gasteiger partial charge is 0.319 e. The van der Waals surface area contributed by atoms with Gasteiger partial charge >= 0.3 is 6.03 Å². The van der Waals surface area contributed by atoms with E-state index in [0.29, 0.717) is 17.9 Å². The Labute approximate surface area is 125 Å². The fourth-order valence-electron chi connectivity index (χ4n) is 2.82. The van der Waals surface area contributed by atoms with Crippen LogP contribution in [0.15, 0.2) is 29.2 Å². The van der Waals surface area contributed by atoms with Crippen molar-refractivity contribution in [1.29, 1.82) is 0 Å². The van der Waals surface area contributed by atoms with Gasteiger partial charge in [-0.25, -0.2) is 4.79 Å². The summed E-state index contributed by atoms with van der Waals surface area (Å²) in [6, 6.07) is 8.13. The largest absolute Gasteiger partial charge is 0.335 e. The predicted molar refractivity (Wildman–Crippen MR) is 86.3 cm³/mol. The molecule has 1 aromatic rings. The Balaban J connectivity index is 1.91. The lowest BCUT2D eigenvalue weighted by Crippen LogP contribution is -2.45. The van der Waals surface area contributed by atoms with Crippen LogP contribution in [0.1, 0.15) is 33.1 Å². The number of nitrogens with one attached hydrogen (secondary N) is 2. The third kappa shape index (κ3) is 3.92. The molecule has 0 bridgehead atoms. The molecule has 1 fully saturated rings. The fourth-order valence-corrected chi connectivity index (χ4v) is 3.28. The van der Waals surface area contributed by atoms with Gasteiger partial charge in [-0.3, -0.25) is 0 Å². The maximum absolute atomic E-state index is 12.1. The number of thioether (sulfide) groups is 1. The van der Waals surface area contributed by atoms with Crippen molar-refractivity contribution < 1.29 is 4.79 Å². The third-order valence-corrected chi connectivity index (χ3v) is 5.08. The van der Waals surface area contributed by atoms with Crippen LogP contribution in [-0.2, 0) is 0 Å². The Bertz CT molecular complexity index is 464. The van der Waals surface area contributed by atoms with Gasteiger partial charge in [-0.15, -0.1) is 11.8 Å². The van der Waals surface area contributed by atoms with Crippen LogP contribution in [0.4, 0.5) is 10.5 Å². The van der Waals surface area contributed by atoms with E-state index in [1.165, 1.54) is 12.8 Å². The second-order valence-corrected chi connectivity index (χ2v) is 6.58. The molecule has 1 aliphatic carbocycles. The average Bonchev–Trinajstić information content (AvgIpc) is 2.44. The molecule has 0 aliphatic heterocycles. The molecular formula is C16H24N2OS. The van der Waals surface area contributed by atoms with Gasteiger partial charge in [0.25, 0.3) is 0 Å². The molecule has 3 atom stereocenters. The summed E-state index contributed by atoms with van der Waals surface area (Å²) in [5, 5.41) is 6.06. The van der Waals surface area contributed by atoms with Gasteiger partial charge in [-0.2, -0.15) is 0 Å². The van der Waals surface area contributed by atoms with Crippen molar-refractivity contribution in [3.8, 4) is 0 Å². The minimum atomic E-state index is -0.0887. The van der Waals surface area contributed by atoms with Gasteiger partial charge < -0.3 is 10.6 Å². The molecule has 0 aromatic heterocycles. The lowest BCUT2D eigenvalue weighted by Gasteiger charge is -2.34. The van der Waals surface area contributed by atoms with E-state index in [1.54, 1.807) is 11.8 Å². The summed E-state index contributed by atoms with van der Waals surface area (Å²) in [6.07, 6.45) is 5.60. The number of hydrogen-bond acceptors (Lipinski definition) is 2. The molecule has 110 valence electrons. The highest BCUT2D eigenvalue weighted by molar-refractivity contribution is 7.98. The van der Waals surface area contributed by atoms with Gasteiger partial charge in [-0.05, 0) is 42.7 Å². The SMILES string of the molecule is CSc1cccc(NC(=O)N[C@@H]2CCC[C@@H](C)[C@H]2C)c1. The number of hydrogen-bond donors (Lipinski definition) is 2. The van der Waals surface area contributed by atoms with Crippen molar-refractivity contribution in [3.05, 3.63) is 24.3 Å². The number of urea groups is 1. The molecule has 2 N–H and O–H groups in total. The molecule has 1 saturated carbocycles. The number of amides is 2. The molecule has 1 aliphatic rings. The Hall–Kier alpha value is -1.16. The van der Waals surface area contributed by atoms with Crippen molar-refractivity contribution in [1.82, 2.24) is 5.32 Å². The maximum Gasteiger partial charge on any atom is 0.319 e. The van der Waals surface area contributed by atoms with Crippen molar-refractivity contribution in [2.45, 2.75) is 44.0 Å². The maximum atomic E-state index is 12.1. The Kier molecular flexibility index (Phi) is 5.35. The average molecular weight is 292 g/mol. The van der Waals surface area contributed by atoms with Crippen LogP contribution >= 0.6 is 11.8 Å². The molecule has 0 heterocycles. The number of benzene rings is 1. The highest BCUT2D eigenvalue weighted by atomic mass is 32.2. The molecule has 0 saturated heterocycles. The zero-order chi connectivity index (χ0) is 14.5. The Morgan fingerprint density at radius 1 is 1.30 bits per heavy atom. The lowest BCUT2D eigenvalue weighted by atomic mass is 9.78. The van der Waals surface area contributed by atoms with Crippen LogP contribution in [-0.4, -0.2) is 18.3 Å². The Morgan fingerprint density at radius 3 is 2.85 bits per heavy atom. The first-order chi connectivity index (χ1) is 9.60. The summed E-state index contributed by atoms with van der Waals surface area (Å²) in [4.78, 5) is 13.3. The molecular weight excluding hydrogens is 268 g/mol. The summed E-state index contributed by atoms with van der Waals surface area (Å²) in [6.45, 7) is 4.52. The third-order valence-electron chi connectivity index (χ3n) is 4.35. The normalized spacial score (nSPS) is 26.1. The van der Waals surface area contributed by atoms with Gasteiger partial charge in [0.2, 0.25) is 0 Å². The van der Waals surface area contributed by atoms with E-state index < -0.39 is 0 Å². The number of carbonyl (C=O) groups is 1. The van der Waals surface area contributed by atoms with E-state index >= 15 is 0 Å². The van der Waals surface area contributed by atoms with E-state index in [4.69, 9.17) is 0 Å². The number of rotatable bonds is 3. The first-order valence-corrected chi connectivity index (χ1v) is 8.54. The summed E-state index contributed by atoms with van der Waals surface area (Å²) in [5.74, 6) is 1.24. The quantitative estimate of drug-likeness (QED) is 0.813. The second kappa shape index (κ2) is 7.02. The highest BCUT2D eigenvalue weighted by Gasteiger charge is 2.28. The lowest BCUT2D eigenvalue weighted by molar-refractivity contribution is 0.201. The predicted octanol–water partition coefficient (Wildman–Crippen LogP) is 4.35. The number of anilines is 1. The minimum absolute atomic E-state index is 0.0887. The molecule has 0 spiro atoms. The highest BCUT2D eigenvalue weighted by Crippen LogP contribution is 2.29. The van der Waals surface area contributed by atoms with E-state index in [9.17, 15) is 4.79 Å². The topological polar surface area (TPSA) is 41.1 Å². The van der Waals surface area contributed by atoms with Gasteiger partial charge in [0.15, 0.2) is 0 Å². The molecule has 3 nitrogen and oxygen atoms in total. The number of carbonyl (C=O) groups excluding carboxylic acids is 1. The van der Waals surface area contributed by atoms with Gasteiger partial charge in [0, 0.05) is 16.6 Å². The van der Waals surface area contributed by atoms with Crippen LogP contribution in [0.3, 0.4) is 0 Å². The van der Waals surface area contributed by atoms with Gasteiger partial charge in [0.1, 0.15) is 0 Å². The van der Waals surface area contributed by atoms with Crippen molar-refractivity contribution in [3.63, 3.8) is 0 Å². The van der Waals surface area contributed by atoms with E-state index in [1.807, 2.05) is 30.5 Å². The molecule has 0 unspecified atom stereocenters. The van der Waals surface area contributed by atoms with E-state index in [2.05, 4.69) is 24.5 Å². The summed E-state index contributed by atoms with van der Waals surface area (Å²) in [7, 11) is 0. The first kappa shape index (κ1) is 15.2. The molecule has 1 aromatic carbocycles. The second-order valence-electron chi connectivity index (χ2n) is 5.70. The molecule has 2 rings (SSSR count). The summed E-state index contributed by atoms with van der Waals surface area (Å²) < 4.78 is 0. The zero-order valence-corrected chi connectivity index (χ0v) is 13.3. The molecule has 4 heteroatoms. The van der Waals surface area contributed by atoms with Crippen LogP contribution in [0.25, 0.3) is 0 Å². The van der Waals surface area contributed by atoms with Crippen LogP contribution in [0, 0.1) is 11.8 Å². The van der Waals surface area contributed by atoms with Crippen molar-refractivity contribution >= 4 is 23.5 Å². The molecule has 0 radical (unpaired) electrons. The van der Waals surface area contributed by atoms with Crippen molar-refractivity contribution in [2.24, 2.45) is 11.8 Å². The molecule has 20 heavy (non-hydrogen) atoms. The Morgan fingerprint density at radius 2 is 2.10 bits per heavy atom.